The summed E-state index contributed by atoms with van der Waals surface area (Å²) >= 11 is 5.74. The number of rotatable bonds is 3. The molecule has 0 heterocycles. The number of aliphatic carboxylic acids is 1. The van der Waals surface area contributed by atoms with Crippen LogP contribution in [0.2, 0.25) is 5.02 Å². The Morgan fingerprint density at radius 2 is 2.06 bits per heavy atom. The first-order valence-electron chi connectivity index (χ1n) is 4.43. The molecule has 0 radical (unpaired) electrons. The number of halogens is 1. The second-order valence-corrected chi connectivity index (χ2v) is 3.76. The number of nitrogens with zero attached hydrogens (tertiary/aromatic N) is 1. The van der Waals surface area contributed by atoms with E-state index in [9.17, 15) is 9.59 Å². The molecule has 1 aromatic carbocycles. The summed E-state index contributed by atoms with van der Waals surface area (Å²) in [5.74, 6) is -1.51. The lowest BCUT2D eigenvalue weighted by molar-refractivity contribution is -0.137. The molecular formula is C10H11ClN2O3. The first kappa shape index (κ1) is 12.3. The summed E-state index contributed by atoms with van der Waals surface area (Å²) in [7, 11) is 1.40. The normalized spacial score (nSPS) is 9.88. The number of nitrogen functional groups attached to an aromatic ring is 1. The van der Waals surface area contributed by atoms with Gasteiger partial charge in [-0.2, -0.15) is 0 Å². The summed E-state index contributed by atoms with van der Waals surface area (Å²) in [6.07, 6.45) is 0. The number of hydrogen-bond acceptors (Lipinski definition) is 3. The van der Waals surface area contributed by atoms with Gasteiger partial charge in [-0.1, -0.05) is 11.6 Å². The smallest absolute Gasteiger partial charge is 0.323 e. The molecule has 0 aliphatic carbocycles. The molecular weight excluding hydrogens is 232 g/mol. The minimum absolute atomic E-state index is 0.272. The molecule has 16 heavy (non-hydrogen) atoms. The topological polar surface area (TPSA) is 83.6 Å². The number of benzene rings is 1. The molecule has 0 aliphatic heterocycles. The Balaban J connectivity index is 2.91. The molecule has 0 bridgehead atoms. The van der Waals surface area contributed by atoms with E-state index in [1.165, 1.54) is 25.2 Å². The summed E-state index contributed by atoms with van der Waals surface area (Å²) < 4.78 is 0. The number of likely N-dealkylation sites (N-methyl/N-ethyl adjacent to an activating group) is 1. The van der Waals surface area contributed by atoms with E-state index in [0.717, 1.165) is 4.90 Å². The fraction of sp³-hybridized carbons (Fsp3) is 0.200. The quantitative estimate of drug-likeness (QED) is 0.777. The zero-order valence-corrected chi connectivity index (χ0v) is 9.36. The average Bonchev–Trinajstić information content (AvgIpc) is 2.13. The van der Waals surface area contributed by atoms with Crippen LogP contribution in [0.3, 0.4) is 0 Å². The number of carboxylic acid groups (broad SMARTS) is 1. The highest BCUT2D eigenvalue weighted by Crippen LogP contribution is 2.17. The van der Waals surface area contributed by atoms with Gasteiger partial charge in [-0.15, -0.1) is 0 Å². The Bertz CT molecular complexity index is 414. The summed E-state index contributed by atoms with van der Waals surface area (Å²) in [6.45, 7) is -0.370. The van der Waals surface area contributed by atoms with Crippen LogP contribution in [0, 0.1) is 0 Å². The van der Waals surface area contributed by atoms with Crippen molar-refractivity contribution in [3.63, 3.8) is 0 Å². The summed E-state index contributed by atoms with van der Waals surface area (Å²) in [5, 5.41) is 8.88. The van der Waals surface area contributed by atoms with Gasteiger partial charge in [-0.3, -0.25) is 9.59 Å². The van der Waals surface area contributed by atoms with Gasteiger partial charge in [0, 0.05) is 23.3 Å². The van der Waals surface area contributed by atoms with E-state index < -0.39 is 11.9 Å². The third-order valence-corrected chi connectivity index (χ3v) is 2.10. The second kappa shape index (κ2) is 4.85. The van der Waals surface area contributed by atoms with Gasteiger partial charge in [0.05, 0.1) is 0 Å². The van der Waals surface area contributed by atoms with Gasteiger partial charge in [0.15, 0.2) is 0 Å². The maximum atomic E-state index is 11.7. The predicted octanol–water partition coefficient (Wildman–Crippen LogP) is 1.08. The van der Waals surface area contributed by atoms with Crippen molar-refractivity contribution in [1.82, 2.24) is 4.90 Å². The molecule has 6 heteroatoms. The Hall–Kier alpha value is -1.75. The van der Waals surface area contributed by atoms with Gasteiger partial charge >= 0.3 is 5.97 Å². The molecule has 0 fully saturated rings. The first-order valence-corrected chi connectivity index (χ1v) is 4.81. The van der Waals surface area contributed by atoms with Crippen molar-refractivity contribution in [2.24, 2.45) is 0 Å². The highest BCUT2D eigenvalue weighted by molar-refractivity contribution is 6.31. The molecule has 1 rings (SSSR count). The standard InChI is InChI=1S/C10H11ClN2O3/c1-13(5-9(14)15)10(16)6-2-7(11)4-8(12)3-6/h2-4H,5,12H2,1H3,(H,14,15). The van der Waals surface area contributed by atoms with Gasteiger partial charge in [-0.25, -0.2) is 0 Å². The van der Waals surface area contributed by atoms with Crippen LogP contribution in [0.1, 0.15) is 10.4 Å². The van der Waals surface area contributed by atoms with Crippen LogP contribution in [-0.4, -0.2) is 35.5 Å². The van der Waals surface area contributed by atoms with E-state index in [2.05, 4.69) is 0 Å². The van der Waals surface area contributed by atoms with Crippen molar-refractivity contribution in [2.45, 2.75) is 0 Å². The van der Waals surface area contributed by atoms with Crippen LogP contribution in [0.4, 0.5) is 5.69 Å². The zero-order chi connectivity index (χ0) is 12.3. The third kappa shape index (κ3) is 3.13. The van der Waals surface area contributed by atoms with Crippen molar-refractivity contribution in [2.75, 3.05) is 19.3 Å². The van der Waals surface area contributed by atoms with Crippen LogP contribution in [-0.2, 0) is 4.79 Å². The van der Waals surface area contributed by atoms with E-state index in [4.69, 9.17) is 22.4 Å². The first-order chi connectivity index (χ1) is 7.40. The van der Waals surface area contributed by atoms with Crippen molar-refractivity contribution < 1.29 is 14.7 Å². The van der Waals surface area contributed by atoms with Crippen molar-refractivity contribution in [1.29, 1.82) is 0 Å². The molecule has 1 amide bonds. The number of amides is 1. The summed E-state index contributed by atoms with van der Waals surface area (Å²) in [4.78, 5) is 23.2. The van der Waals surface area contributed by atoms with Crippen LogP contribution >= 0.6 is 11.6 Å². The van der Waals surface area contributed by atoms with Crippen molar-refractivity contribution >= 4 is 29.2 Å². The van der Waals surface area contributed by atoms with Crippen LogP contribution in [0.5, 0.6) is 0 Å². The molecule has 0 saturated carbocycles. The fourth-order valence-corrected chi connectivity index (χ4v) is 1.47. The van der Waals surface area contributed by atoms with Crippen LogP contribution in [0.25, 0.3) is 0 Å². The second-order valence-electron chi connectivity index (χ2n) is 3.33. The number of anilines is 1. The van der Waals surface area contributed by atoms with E-state index in [-0.39, 0.29) is 12.1 Å². The largest absolute Gasteiger partial charge is 0.480 e. The Morgan fingerprint density at radius 3 is 2.56 bits per heavy atom. The lowest BCUT2D eigenvalue weighted by Gasteiger charge is -2.14. The summed E-state index contributed by atoms with van der Waals surface area (Å²) in [6, 6.07) is 4.40. The van der Waals surface area contributed by atoms with Gasteiger partial charge < -0.3 is 15.7 Å². The Labute approximate surface area is 97.4 Å². The summed E-state index contributed by atoms with van der Waals surface area (Å²) in [5.41, 5.74) is 6.16. The number of nitrogens with two attached hydrogens (primary N) is 1. The average molecular weight is 243 g/mol. The number of carboxylic acids is 1. The van der Waals surface area contributed by atoms with E-state index in [1.807, 2.05) is 0 Å². The predicted molar refractivity (Wildman–Crippen MR) is 60.5 cm³/mol. The Morgan fingerprint density at radius 1 is 1.44 bits per heavy atom. The fourth-order valence-electron chi connectivity index (χ4n) is 1.23. The van der Waals surface area contributed by atoms with Crippen molar-refractivity contribution in [3.05, 3.63) is 28.8 Å². The van der Waals surface area contributed by atoms with Crippen LogP contribution < -0.4 is 5.73 Å². The third-order valence-electron chi connectivity index (χ3n) is 1.89. The molecule has 0 aliphatic rings. The molecule has 0 saturated heterocycles. The number of carbonyl (C=O) groups is 2. The van der Waals surface area contributed by atoms with Gasteiger partial charge in [0.2, 0.25) is 0 Å². The zero-order valence-electron chi connectivity index (χ0n) is 8.61. The lowest BCUT2D eigenvalue weighted by Crippen LogP contribution is -2.31. The molecule has 0 unspecified atom stereocenters. The van der Waals surface area contributed by atoms with Gasteiger partial charge in [0.1, 0.15) is 6.54 Å². The molecule has 0 atom stereocenters. The van der Waals surface area contributed by atoms with Gasteiger partial charge in [-0.05, 0) is 18.2 Å². The highest BCUT2D eigenvalue weighted by atomic mass is 35.5. The van der Waals surface area contributed by atoms with Crippen molar-refractivity contribution in [3.8, 4) is 0 Å². The lowest BCUT2D eigenvalue weighted by atomic mass is 10.2. The van der Waals surface area contributed by atoms with Crippen LogP contribution in [0.15, 0.2) is 18.2 Å². The number of hydrogen-bond donors (Lipinski definition) is 2. The molecule has 0 spiro atoms. The molecule has 3 N–H and O–H groups in total. The minimum Gasteiger partial charge on any atom is -0.480 e. The molecule has 5 nitrogen and oxygen atoms in total. The number of carbonyl (C=O) groups excluding carboxylic acids is 1. The van der Waals surface area contributed by atoms with E-state index >= 15 is 0 Å². The maximum Gasteiger partial charge on any atom is 0.323 e. The van der Waals surface area contributed by atoms with Gasteiger partial charge in [0.25, 0.3) is 5.91 Å². The molecule has 0 aromatic heterocycles. The highest BCUT2D eigenvalue weighted by Gasteiger charge is 2.15. The van der Waals surface area contributed by atoms with E-state index in [0.29, 0.717) is 10.7 Å². The Kier molecular flexibility index (Phi) is 3.73. The molecule has 1 aromatic rings. The SMILES string of the molecule is CN(CC(=O)O)C(=O)c1cc(N)cc(Cl)c1. The maximum absolute atomic E-state index is 11.7. The van der Waals surface area contributed by atoms with E-state index in [1.54, 1.807) is 0 Å². The molecule has 86 valence electrons. The minimum atomic E-state index is -1.08. The monoisotopic (exact) mass is 242 g/mol.